The molecule has 4 aromatic rings. The number of carbonyl (C=O) groups excluding carboxylic acids is 2. The van der Waals surface area contributed by atoms with Crippen LogP contribution in [-0.4, -0.2) is 46.4 Å². The summed E-state index contributed by atoms with van der Waals surface area (Å²) in [6.07, 6.45) is 0.378. The molecule has 1 atom stereocenters. The van der Waals surface area contributed by atoms with E-state index in [1.165, 1.54) is 19.1 Å². The number of sulfone groups is 1. The molecule has 1 saturated heterocycles. The predicted molar refractivity (Wildman–Crippen MR) is 134 cm³/mol. The van der Waals surface area contributed by atoms with E-state index in [0.29, 0.717) is 34.4 Å². The molecule has 1 amide bonds. The van der Waals surface area contributed by atoms with Crippen LogP contribution in [0.2, 0.25) is 0 Å². The molecule has 1 fully saturated rings. The number of Topliss-reactive ketones (excluding diaryl/α,β-unsaturated/α-hetero) is 1. The Morgan fingerprint density at radius 1 is 1.11 bits per heavy atom. The number of amides is 1. The summed E-state index contributed by atoms with van der Waals surface area (Å²) in [6.45, 7) is 3.16. The fraction of sp³-hybridized carbons (Fsp3) is 0.231. The Morgan fingerprint density at radius 2 is 1.89 bits per heavy atom. The van der Waals surface area contributed by atoms with E-state index in [2.05, 4.69) is 15.4 Å². The monoisotopic (exact) mass is 506 g/mol. The number of hydrogen-bond acceptors (Lipinski definition) is 6. The van der Waals surface area contributed by atoms with Gasteiger partial charge in [-0.1, -0.05) is 24.3 Å². The molecule has 0 spiro atoms. The van der Waals surface area contributed by atoms with E-state index in [1.54, 1.807) is 54.1 Å². The van der Waals surface area contributed by atoms with E-state index in [9.17, 15) is 22.4 Å². The van der Waals surface area contributed by atoms with E-state index in [0.717, 1.165) is 0 Å². The Kier molecular flexibility index (Phi) is 5.91. The van der Waals surface area contributed by atoms with E-state index >= 15 is 0 Å². The van der Waals surface area contributed by atoms with Crippen LogP contribution in [0, 0.1) is 12.7 Å². The molecule has 2 aromatic carbocycles. The highest BCUT2D eigenvalue weighted by molar-refractivity contribution is 7.91. The average molecular weight is 507 g/mol. The smallest absolute Gasteiger partial charge is 0.256 e. The molecule has 10 heteroatoms. The quantitative estimate of drug-likeness (QED) is 0.403. The molecule has 184 valence electrons. The van der Waals surface area contributed by atoms with Crippen molar-refractivity contribution >= 4 is 38.2 Å². The average Bonchev–Trinajstić information content (AvgIpc) is 3.37. The lowest BCUT2D eigenvalue weighted by atomic mass is 10.0. The van der Waals surface area contributed by atoms with Gasteiger partial charge in [0.05, 0.1) is 39.9 Å². The third kappa shape index (κ3) is 4.39. The number of halogens is 1. The number of ketones is 1. The standard InChI is InChI=1S/C26H23FN4O4S/c1-15-24-21(26(33)28-18-7-5-6-17(12-18)16(2)32)13-23(20-8-3-4-9-22(20)27)29-25(24)31(30-15)19-10-11-36(34,35)14-19/h3-9,12-13,19H,10-11,14H2,1-2H3,(H,28,33). The zero-order valence-corrected chi connectivity index (χ0v) is 20.5. The summed E-state index contributed by atoms with van der Waals surface area (Å²) in [6, 6.07) is 13.7. The Morgan fingerprint density at radius 3 is 2.58 bits per heavy atom. The molecule has 3 heterocycles. The first-order valence-electron chi connectivity index (χ1n) is 11.4. The summed E-state index contributed by atoms with van der Waals surface area (Å²) in [5.74, 6) is -1.15. The minimum atomic E-state index is -3.21. The number of pyridine rings is 1. The van der Waals surface area contributed by atoms with Gasteiger partial charge in [-0.2, -0.15) is 5.10 Å². The van der Waals surface area contributed by atoms with Crippen LogP contribution in [0.5, 0.6) is 0 Å². The molecular formula is C26H23FN4O4S. The maximum atomic E-state index is 14.7. The van der Waals surface area contributed by atoms with Gasteiger partial charge in [-0.3, -0.25) is 9.59 Å². The first-order chi connectivity index (χ1) is 17.1. The van der Waals surface area contributed by atoms with Gasteiger partial charge >= 0.3 is 0 Å². The first-order valence-corrected chi connectivity index (χ1v) is 13.2. The Labute approximate surface area is 207 Å². The fourth-order valence-corrected chi connectivity index (χ4v) is 6.23. The summed E-state index contributed by atoms with van der Waals surface area (Å²) >= 11 is 0. The number of carbonyl (C=O) groups is 2. The maximum absolute atomic E-state index is 14.7. The third-order valence-electron chi connectivity index (χ3n) is 6.31. The van der Waals surface area contributed by atoms with Crippen LogP contribution in [0.4, 0.5) is 10.1 Å². The molecule has 8 nitrogen and oxygen atoms in total. The van der Waals surface area contributed by atoms with Gasteiger partial charge < -0.3 is 5.32 Å². The second-order valence-electron chi connectivity index (χ2n) is 8.91. The molecule has 1 aliphatic rings. The zero-order chi connectivity index (χ0) is 25.6. The summed E-state index contributed by atoms with van der Waals surface area (Å²) < 4.78 is 40.5. The first kappa shape index (κ1) is 23.8. The summed E-state index contributed by atoms with van der Waals surface area (Å²) in [7, 11) is -3.21. The number of rotatable bonds is 5. The van der Waals surface area contributed by atoms with Crippen molar-refractivity contribution in [2.45, 2.75) is 26.3 Å². The summed E-state index contributed by atoms with van der Waals surface area (Å²) in [5, 5.41) is 7.82. The van der Waals surface area contributed by atoms with Gasteiger partial charge in [-0.25, -0.2) is 22.5 Å². The lowest BCUT2D eigenvalue weighted by Crippen LogP contribution is -2.15. The van der Waals surface area contributed by atoms with Crippen molar-refractivity contribution < 1.29 is 22.4 Å². The van der Waals surface area contributed by atoms with Crippen LogP contribution in [0.3, 0.4) is 0 Å². The SMILES string of the molecule is CC(=O)c1cccc(NC(=O)c2cc(-c3ccccc3F)nc3c2c(C)nn3C2CCS(=O)(=O)C2)c1. The molecule has 1 unspecified atom stereocenters. The minimum absolute atomic E-state index is 0.0465. The molecule has 5 rings (SSSR count). The van der Waals surface area contributed by atoms with E-state index < -0.39 is 27.6 Å². The second kappa shape index (κ2) is 8.94. The van der Waals surface area contributed by atoms with E-state index in [1.807, 2.05) is 0 Å². The molecule has 2 aromatic heterocycles. The van der Waals surface area contributed by atoms with Crippen molar-refractivity contribution in [1.29, 1.82) is 0 Å². The van der Waals surface area contributed by atoms with Crippen molar-refractivity contribution in [2.24, 2.45) is 0 Å². The lowest BCUT2D eigenvalue weighted by molar-refractivity contribution is 0.101. The van der Waals surface area contributed by atoms with Gasteiger partial charge in [0.1, 0.15) is 5.82 Å². The van der Waals surface area contributed by atoms with Gasteiger partial charge in [0.25, 0.3) is 5.91 Å². The largest absolute Gasteiger partial charge is 0.322 e. The topological polar surface area (TPSA) is 111 Å². The van der Waals surface area contributed by atoms with Crippen LogP contribution >= 0.6 is 0 Å². The van der Waals surface area contributed by atoms with E-state index in [4.69, 9.17) is 0 Å². The van der Waals surface area contributed by atoms with Gasteiger partial charge in [0.2, 0.25) is 0 Å². The number of nitrogens with one attached hydrogen (secondary N) is 1. The van der Waals surface area contributed by atoms with Crippen LogP contribution in [0.1, 0.15) is 45.8 Å². The highest BCUT2D eigenvalue weighted by Gasteiger charge is 2.32. The summed E-state index contributed by atoms with van der Waals surface area (Å²) in [4.78, 5) is 29.9. The number of nitrogens with zero attached hydrogens (tertiary/aromatic N) is 3. The number of aryl methyl sites for hydroxylation is 1. The van der Waals surface area contributed by atoms with Crippen LogP contribution in [0.25, 0.3) is 22.3 Å². The van der Waals surface area contributed by atoms with Crippen molar-refractivity contribution in [3.63, 3.8) is 0 Å². The number of aromatic nitrogens is 3. The van der Waals surface area contributed by atoms with Crippen LogP contribution < -0.4 is 5.32 Å². The Hall–Kier alpha value is -3.92. The van der Waals surface area contributed by atoms with Crippen molar-refractivity contribution in [2.75, 3.05) is 16.8 Å². The van der Waals surface area contributed by atoms with Crippen LogP contribution in [0.15, 0.2) is 54.6 Å². The number of hydrogen-bond donors (Lipinski definition) is 1. The second-order valence-corrected chi connectivity index (χ2v) is 11.1. The fourth-order valence-electron chi connectivity index (χ4n) is 4.54. The molecular weight excluding hydrogens is 483 g/mol. The van der Waals surface area contributed by atoms with E-state index in [-0.39, 0.29) is 34.1 Å². The number of anilines is 1. The van der Waals surface area contributed by atoms with Crippen molar-refractivity contribution in [3.05, 3.63) is 77.2 Å². The van der Waals surface area contributed by atoms with Gasteiger partial charge in [-0.15, -0.1) is 0 Å². The Balaban J connectivity index is 1.67. The minimum Gasteiger partial charge on any atom is -0.322 e. The molecule has 0 radical (unpaired) electrons. The van der Waals surface area contributed by atoms with Gasteiger partial charge in [-0.05, 0) is 50.6 Å². The highest BCUT2D eigenvalue weighted by Crippen LogP contribution is 2.33. The zero-order valence-electron chi connectivity index (χ0n) is 19.7. The summed E-state index contributed by atoms with van der Waals surface area (Å²) in [5.41, 5.74) is 2.35. The van der Waals surface area contributed by atoms with Crippen LogP contribution in [-0.2, 0) is 9.84 Å². The number of benzene rings is 2. The molecule has 0 aliphatic carbocycles. The lowest BCUT2D eigenvalue weighted by Gasteiger charge is -2.13. The highest BCUT2D eigenvalue weighted by atomic mass is 32.2. The number of fused-ring (bicyclic) bond motifs is 1. The van der Waals surface area contributed by atoms with Crippen molar-refractivity contribution in [3.8, 4) is 11.3 Å². The van der Waals surface area contributed by atoms with Gasteiger partial charge in [0, 0.05) is 16.8 Å². The third-order valence-corrected chi connectivity index (χ3v) is 8.06. The molecule has 1 aliphatic heterocycles. The normalized spacial score (nSPS) is 16.8. The molecule has 1 N–H and O–H groups in total. The maximum Gasteiger partial charge on any atom is 0.256 e. The predicted octanol–water partition coefficient (Wildman–Crippen LogP) is 4.36. The Bertz CT molecular complexity index is 1650. The molecule has 0 bridgehead atoms. The molecule has 36 heavy (non-hydrogen) atoms. The molecule has 0 saturated carbocycles. The van der Waals surface area contributed by atoms with Crippen molar-refractivity contribution in [1.82, 2.24) is 14.8 Å². The van der Waals surface area contributed by atoms with Gasteiger partial charge in [0.15, 0.2) is 21.3 Å².